The van der Waals surface area contributed by atoms with E-state index in [9.17, 15) is 14.4 Å². The van der Waals surface area contributed by atoms with Gasteiger partial charge in [0.25, 0.3) is 0 Å². The van der Waals surface area contributed by atoms with E-state index in [1.165, 1.54) is 0 Å². The average molecular weight is 415 g/mol. The number of hydrogen-bond donors (Lipinski definition) is 2. The molecule has 0 saturated heterocycles. The Labute approximate surface area is 174 Å². The fourth-order valence-corrected chi connectivity index (χ4v) is 3.44. The van der Waals surface area contributed by atoms with Gasteiger partial charge in [-0.3, -0.25) is 19.3 Å². The number of nitrogens with one attached hydrogen (secondary N) is 2. The van der Waals surface area contributed by atoms with Crippen LogP contribution in [0.15, 0.2) is 48.5 Å². The van der Waals surface area contributed by atoms with Crippen molar-refractivity contribution in [2.24, 2.45) is 0 Å². The molecule has 1 atom stereocenters. The van der Waals surface area contributed by atoms with Gasteiger partial charge in [0, 0.05) is 23.2 Å². The molecule has 1 heterocycles. The maximum Gasteiger partial charge on any atom is 0.241 e. The standard InChI is InChI=1S/C21H23ClN4O3/c1-14-11-19(27)24-17-5-3-4-6-18(17)26(14)21(29)13-25(2)12-20(28)23-16-9-7-15(22)8-10-16/h3-10,14H,11-13H2,1-2H3,(H,23,28)(H,24,27)/t14-/m0/s1. The molecule has 0 aliphatic carbocycles. The first-order chi connectivity index (χ1) is 13.8. The number of para-hydroxylation sites is 2. The lowest BCUT2D eigenvalue weighted by Gasteiger charge is -2.29. The Kier molecular flexibility index (Phi) is 6.51. The van der Waals surface area contributed by atoms with Gasteiger partial charge in [-0.05, 0) is 50.4 Å². The summed E-state index contributed by atoms with van der Waals surface area (Å²) in [5.74, 6) is -0.539. The van der Waals surface area contributed by atoms with Crippen molar-refractivity contribution in [3.63, 3.8) is 0 Å². The minimum absolute atomic E-state index is 0.0426. The van der Waals surface area contributed by atoms with Crippen molar-refractivity contribution in [1.82, 2.24) is 4.90 Å². The fourth-order valence-electron chi connectivity index (χ4n) is 3.31. The third-order valence-corrected chi connectivity index (χ3v) is 4.83. The number of carbonyl (C=O) groups excluding carboxylic acids is 3. The van der Waals surface area contributed by atoms with Crippen molar-refractivity contribution in [3.8, 4) is 0 Å². The Bertz CT molecular complexity index is 916. The van der Waals surface area contributed by atoms with Gasteiger partial charge in [0.15, 0.2) is 0 Å². The number of benzene rings is 2. The zero-order chi connectivity index (χ0) is 21.0. The lowest BCUT2D eigenvalue weighted by Crippen LogP contribution is -2.45. The monoisotopic (exact) mass is 414 g/mol. The van der Waals surface area contributed by atoms with Gasteiger partial charge in [0.05, 0.1) is 24.5 Å². The van der Waals surface area contributed by atoms with Gasteiger partial charge >= 0.3 is 0 Å². The van der Waals surface area contributed by atoms with Crippen molar-refractivity contribution in [2.45, 2.75) is 19.4 Å². The predicted octanol–water partition coefficient (Wildman–Crippen LogP) is 2.97. The van der Waals surface area contributed by atoms with E-state index in [4.69, 9.17) is 11.6 Å². The summed E-state index contributed by atoms with van der Waals surface area (Å²) in [7, 11) is 1.71. The normalized spacial score (nSPS) is 16.1. The average Bonchev–Trinajstić information content (AvgIpc) is 2.77. The number of halogens is 1. The van der Waals surface area contributed by atoms with Gasteiger partial charge < -0.3 is 15.5 Å². The minimum Gasteiger partial charge on any atom is -0.325 e. The number of anilines is 3. The largest absolute Gasteiger partial charge is 0.325 e. The Balaban J connectivity index is 1.64. The maximum absolute atomic E-state index is 13.0. The molecule has 7 nitrogen and oxygen atoms in total. The summed E-state index contributed by atoms with van der Waals surface area (Å²) in [5, 5.41) is 6.20. The highest BCUT2D eigenvalue weighted by atomic mass is 35.5. The van der Waals surface area contributed by atoms with Gasteiger partial charge in [-0.1, -0.05) is 23.7 Å². The number of fused-ring (bicyclic) bond motifs is 1. The van der Waals surface area contributed by atoms with Crippen LogP contribution in [0.4, 0.5) is 17.1 Å². The molecule has 3 amide bonds. The van der Waals surface area contributed by atoms with Gasteiger partial charge in [-0.2, -0.15) is 0 Å². The van der Waals surface area contributed by atoms with Crippen LogP contribution >= 0.6 is 11.6 Å². The van der Waals surface area contributed by atoms with Crippen LogP contribution in [0.3, 0.4) is 0 Å². The van der Waals surface area contributed by atoms with Crippen LogP contribution in [0.5, 0.6) is 0 Å². The minimum atomic E-state index is -0.289. The van der Waals surface area contributed by atoms with Crippen LogP contribution in [-0.2, 0) is 14.4 Å². The maximum atomic E-state index is 13.0. The predicted molar refractivity (Wildman–Crippen MR) is 114 cm³/mol. The van der Waals surface area contributed by atoms with Crippen LogP contribution < -0.4 is 15.5 Å². The highest BCUT2D eigenvalue weighted by Crippen LogP contribution is 2.31. The van der Waals surface area contributed by atoms with Crippen LogP contribution in [-0.4, -0.2) is 48.8 Å². The second-order valence-electron chi connectivity index (χ2n) is 7.11. The van der Waals surface area contributed by atoms with Crippen LogP contribution in [0.25, 0.3) is 0 Å². The topological polar surface area (TPSA) is 81.8 Å². The first kappa shape index (κ1) is 20.8. The molecule has 2 N–H and O–H groups in total. The molecule has 0 fully saturated rings. The quantitative estimate of drug-likeness (QED) is 0.788. The molecule has 0 saturated carbocycles. The fraction of sp³-hybridized carbons (Fsp3) is 0.286. The molecule has 0 spiro atoms. The summed E-state index contributed by atoms with van der Waals surface area (Å²) in [4.78, 5) is 40.6. The number of likely N-dealkylation sites (N-methyl/N-ethyl adjacent to an activating group) is 1. The molecule has 1 aliphatic heterocycles. The molecule has 2 aromatic rings. The number of amides is 3. The third-order valence-electron chi connectivity index (χ3n) is 4.57. The zero-order valence-corrected chi connectivity index (χ0v) is 17.1. The molecule has 0 unspecified atom stereocenters. The van der Waals surface area contributed by atoms with Crippen molar-refractivity contribution >= 4 is 46.4 Å². The van der Waals surface area contributed by atoms with Gasteiger partial charge in [-0.25, -0.2) is 0 Å². The first-order valence-corrected chi connectivity index (χ1v) is 9.66. The van der Waals surface area contributed by atoms with E-state index in [-0.39, 0.29) is 43.3 Å². The Morgan fingerprint density at radius 3 is 2.59 bits per heavy atom. The van der Waals surface area contributed by atoms with Crippen LogP contribution in [0, 0.1) is 0 Å². The smallest absolute Gasteiger partial charge is 0.241 e. The molecule has 2 aromatic carbocycles. The van der Waals surface area contributed by atoms with Crippen molar-refractivity contribution in [2.75, 3.05) is 35.7 Å². The molecule has 29 heavy (non-hydrogen) atoms. The third kappa shape index (κ3) is 5.34. The number of carbonyl (C=O) groups is 3. The Hall–Kier alpha value is -2.90. The molecule has 8 heteroatoms. The Morgan fingerprint density at radius 2 is 1.86 bits per heavy atom. The molecule has 152 valence electrons. The molecule has 0 bridgehead atoms. The van der Waals surface area contributed by atoms with E-state index in [1.807, 2.05) is 25.1 Å². The Morgan fingerprint density at radius 1 is 1.17 bits per heavy atom. The van der Waals surface area contributed by atoms with Crippen molar-refractivity contribution in [1.29, 1.82) is 0 Å². The molecule has 0 aromatic heterocycles. The molecule has 3 rings (SSSR count). The van der Waals surface area contributed by atoms with Crippen LogP contribution in [0.2, 0.25) is 5.02 Å². The summed E-state index contributed by atoms with van der Waals surface area (Å²) < 4.78 is 0. The van der Waals surface area contributed by atoms with E-state index < -0.39 is 0 Å². The lowest BCUT2D eigenvalue weighted by molar-refractivity contribution is -0.121. The first-order valence-electron chi connectivity index (χ1n) is 9.28. The summed E-state index contributed by atoms with van der Waals surface area (Å²) >= 11 is 5.84. The van der Waals surface area contributed by atoms with Crippen molar-refractivity contribution < 1.29 is 14.4 Å². The van der Waals surface area contributed by atoms with E-state index in [0.717, 1.165) is 0 Å². The highest BCUT2D eigenvalue weighted by molar-refractivity contribution is 6.30. The lowest BCUT2D eigenvalue weighted by atomic mass is 10.1. The van der Waals surface area contributed by atoms with Gasteiger partial charge in [0.2, 0.25) is 17.7 Å². The summed E-state index contributed by atoms with van der Waals surface area (Å²) in [6, 6.07) is 13.7. The second-order valence-corrected chi connectivity index (χ2v) is 7.55. The summed E-state index contributed by atoms with van der Waals surface area (Å²) in [6.07, 6.45) is 0.210. The van der Waals surface area contributed by atoms with E-state index in [2.05, 4.69) is 10.6 Å². The van der Waals surface area contributed by atoms with Crippen molar-refractivity contribution in [3.05, 3.63) is 53.6 Å². The molecule has 0 radical (unpaired) electrons. The molecular weight excluding hydrogens is 392 g/mol. The summed E-state index contributed by atoms with van der Waals surface area (Å²) in [5.41, 5.74) is 1.91. The summed E-state index contributed by atoms with van der Waals surface area (Å²) in [6.45, 7) is 1.93. The van der Waals surface area contributed by atoms with Gasteiger partial charge in [-0.15, -0.1) is 0 Å². The molecular formula is C21H23ClN4O3. The number of rotatable bonds is 5. The SMILES string of the molecule is C[C@H]1CC(=O)Nc2ccccc2N1C(=O)CN(C)CC(=O)Nc1ccc(Cl)cc1. The van der Waals surface area contributed by atoms with E-state index >= 15 is 0 Å². The van der Waals surface area contributed by atoms with E-state index in [1.54, 1.807) is 47.2 Å². The van der Waals surface area contributed by atoms with E-state index in [0.29, 0.717) is 22.1 Å². The molecule has 1 aliphatic rings. The zero-order valence-electron chi connectivity index (χ0n) is 16.3. The van der Waals surface area contributed by atoms with Gasteiger partial charge in [0.1, 0.15) is 0 Å². The second kappa shape index (κ2) is 9.07. The highest BCUT2D eigenvalue weighted by Gasteiger charge is 2.30. The number of hydrogen-bond acceptors (Lipinski definition) is 4. The van der Waals surface area contributed by atoms with Crippen LogP contribution in [0.1, 0.15) is 13.3 Å². The number of nitrogens with zero attached hydrogens (tertiary/aromatic N) is 2.